The van der Waals surface area contributed by atoms with Crippen LogP contribution in [0, 0.1) is 0 Å². The summed E-state index contributed by atoms with van der Waals surface area (Å²) in [6, 6.07) is 81.1. The fourth-order valence-electron chi connectivity index (χ4n) is 11.5. The van der Waals surface area contributed by atoms with Gasteiger partial charge in [-0.3, -0.25) is 0 Å². The van der Waals surface area contributed by atoms with E-state index >= 15 is 0 Å². The van der Waals surface area contributed by atoms with E-state index in [2.05, 4.69) is 218 Å². The van der Waals surface area contributed by atoms with E-state index in [4.69, 9.17) is 4.42 Å². The fraction of sp³-hybridized carbons (Fsp3) is 0. The Morgan fingerprint density at radius 1 is 0.242 bits per heavy atom. The van der Waals surface area contributed by atoms with Gasteiger partial charge in [0.1, 0.15) is 11.2 Å². The molecule has 0 bridgehead atoms. The van der Waals surface area contributed by atoms with E-state index in [0.29, 0.717) is 0 Å². The van der Waals surface area contributed by atoms with E-state index in [-0.39, 0.29) is 0 Å². The maximum Gasteiger partial charge on any atom is 0.136 e. The van der Waals surface area contributed by atoms with Crippen molar-refractivity contribution in [3.8, 4) is 33.4 Å². The largest absolute Gasteiger partial charge is 0.456 e. The second-order valence-corrected chi connectivity index (χ2v) is 18.9. The van der Waals surface area contributed by atoms with Crippen molar-refractivity contribution in [3.05, 3.63) is 218 Å². The summed E-state index contributed by atoms with van der Waals surface area (Å²) in [6.45, 7) is 0. The topological polar surface area (TPSA) is 13.1 Å². The normalized spacial score (nSPS) is 12.2. The molecule has 0 aliphatic rings. The summed E-state index contributed by atoms with van der Waals surface area (Å²) in [5.74, 6) is 0. The van der Waals surface area contributed by atoms with Crippen molar-refractivity contribution >= 4 is 129 Å². The summed E-state index contributed by atoms with van der Waals surface area (Å²) in [5.41, 5.74) is 9.30. The molecular formula is C64H36OS. The monoisotopic (exact) mass is 852 g/mol. The number of fused-ring (bicyclic) bond motifs is 15. The van der Waals surface area contributed by atoms with Crippen LogP contribution in [0.3, 0.4) is 0 Å². The lowest BCUT2D eigenvalue weighted by Gasteiger charge is -2.22. The predicted molar refractivity (Wildman–Crippen MR) is 285 cm³/mol. The van der Waals surface area contributed by atoms with Crippen LogP contribution < -0.4 is 0 Å². The van der Waals surface area contributed by atoms with Crippen LogP contribution >= 0.6 is 11.3 Å². The van der Waals surface area contributed by atoms with Gasteiger partial charge in [0, 0.05) is 36.3 Å². The number of thiophene rings is 1. The van der Waals surface area contributed by atoms with Gasteiger partial charge in [-0.05, 0) is 134 Å². The second kappa shape index (κ2) is 13.6. The lowest BCUT2D eigenvalue weighted by atomic mass is 9.81. The minimum Gasteiger partial charge on any atom is -0.456 e. The molecule has 2 heteroatoms. The minimum absolute atomic E-state index is 0.904. The zero-order chi connectivity index (χ0) is 43.0. The van der Waals surface area contributed by atoms with Crippen LogP contribution in [0.5, 0.6) is 0 Å². The Balaban J connectivity index is 0.977. The van der Waals surface area contributed by atoms with E-state index in [9.17, 15) is 0 Å². The zero-order valence-corrected chi connectivity index (χ0v) is 36.4. The fourth-order valence-corrected chi connectivity index (χ4v) is 12.8. The number of hydrogen-bond donors (Lipinski definition) is 0. The average molecular weight is 853 g/mol. The van der Waals surface area contributed by atoms with Crippen molar-refractivity contribution < 1.29 is 4.42 Å². The predicted octanol–water partition coefficient (Wildman–Crippen LogP) is 19.0. The van der Waals surface area contributed by atoms with Gasteiger partial charge in [-0.15, -0.1) is 11.3 Å². The van der Waals surface area contributed by atoms with Gasteiger partial charge in [0.05, 0.1) is 0 Å². The molecule has 0 amide bonds. The molecule has 15 aromatic rings. The van der Waals surface area contributed by atoms with Crippen molar-refractivity contribution in [2.45, 2.75) is 0 Å². The smallest absolute Gasteiger partial charge is 0.136 e. The van der Waals surface area contributed by atoms with Gasteiger partial charge in [0.25, 0.3) is 0 Å². The van der Waals surface area contributed by atoms with Gasteiger partial charge in [0.2, 0.25) is 0 Å². The summed E-state index contributed by atoms with van der Waals surface area (Å²) in [6.07, 6.45) is 0. The Morgan fingerprint density at radius 2 is 0.667 bits per heavy atom. The molecule has 304 valence electrons. The molecule has 0 saturated heterocycles. The second-order valence-electron chi connectivity index (χ2n) is 17.8. The van der Waals surface area contributed by atoms with Crippen LogP contribution in [0.1, 0.15) is 0 Å². The van der Waals surface area contributed by atoms with Crippen molar-refractivity contribution in [3.63, 3.8) is 0 Å². The molecule has 2 heterocycles. The van der Waals surface area contributed by atoms with E-state index in [1.54, 1.807) is 0 Å². The summed E-state index contributed by atoms with van der Waals surface area (Å²) >= 11 is 1.92. The van der Waals surface area contributed by atoms with E-state index < -0.39 is 0 Å². The molecule has 0 spiro atoms. The van der Waals surface area contributed by atoms with Crippen LogP contribution in [0.25, 0.3) is 151 Å². The SMILES string of the molecule is c1ccc2cc3c(cc2c1)oc1ccc(-c2c4ccccc4c(-c4c5ccccc5c(-c5ccc6c(c5)sc5c6ccc6c7ccccc7ccc65)c5ccccc45)c4ccccc24)cc13. The number of hydrogen-bond acceptors (Lipinski definition) is 2. The molecule has 0 radical (unpaired) electrons. The lowest BCUT2D eigenvalue weighted by molar-refractivity contribution is 0.669. The molecule has 0 atom stereocenters. The third-order valence-electron chi connectivity index (χ3n) is 14.4. The summed E-state index contributed by atoms with van der Waals surface area (Å²) in [4.78, 5) is 0. The van der Waals surface area contributed by atoms with Crippen LogP contribution in [0.15, 0.2) is 223 Å². The molecule has 0 fully saturated rings. The van der Waals surface area contributed by atoms with Crippen LogP contribution in [-0.2, 0) is 0 Å². The lowest BCUT2D eigenvalue weighted by Crippen LogP contribution is -1.94. The van der Waals surface area contributed by atoms with Crippen molar-refractivity contribution in [2.75, 3.05) is 0 Å². The molecular weight excluding hydrogens is 817 g/mol. The Hall–Kier alpha value is -8.30. The maximum absolute atomic E-state index is 6.49. The molecule has 0 aliphatic carbocycles. The third-order valence-corrected chi connectivity index (χ3v) is 15.6. The van der Waals surface area contributed by atoms with Crippen molar-refractivity contribution in [1.29, 1.82) is 0 Å². The van der Waals surface area contributed by atoms with Gasteiger partial charge < -0.3 is 4.42 Å². The highest BCUT2D eigenvalue weighted by Crippen LogP contribution is 2.51. The Labute approximate surface area is 383 Å². The highest BCUT2D eigenvalue weighted by atomic mass is 32.1. The van der Waals surface area contributed by atoms with Crippen LogP contribution in [0.4, 0.5) is 0 Å². The molecule has 15 rings (SSSR count). The quantitative estimate of drug-likeness (QED) is 0.127. The van der Waals surface area contributed by atoms with Crippen LogP contribution in [0.2, 0.25) is 0 Å². The molecule has 2 aromatic heterocycles. The first-order valence-electron chi connectivity index (χ1n) is 22.7. The van der Waals surface area contributed by atoms with Crippen molar-refractivity contribution in [2.24, 2.45) is 0 Å². The Bertz CT molecular complexity index is 4470. The first-order chi connectivity index (χ1) is 32.7. The molecule has 13 aromatic carbocycles. The molecule has 0 unspecified atom stereocenters. The van der Waals surface area contributed by atoms with Gasteiger partial charge >= 0.3 is 0 Å². The first-order valence-corrected chi connectivity index (χ1v) is 23.5. The standard InChI is InChI=1S/C64H36OS/c1-2-15-39-35-58-56(33-38(39)14-1)55-34-40(27-32-57(55)65-58)60-45-17-5-9-21-49(45)62(50-22-10-6-18-46(50)60)63-51-23-11-7-19-47(51)61(48-20-8-12-24-52(48)63)41-26-28-44-54-31-30-43-42-16-4-3-13-37(42)25-29-53(43)64(54)66-59(44)36-41/h1-36H. The Morgan fingerprint density at radius 3 is 1.27 bits per heavy atom. The highest BCUT2D eigenvalue weighted by molar-refractivity contribution is 7.26. The number of benzene rings is 13. The maximum atomic E-state index is 6.49. The summed E-state index contributed by atoms with van der Waals surface area (Å²) < 4.78 is 9.15. The molecule has 0 aliphatic heterocycles. The first kappa shape index (κ1) is 36.1. The number of rotatable bonds is 3. The highest BCUT2D eigenvalue weighted by Gasteiger charge is 2.23. The van der Waals surface area contributed by atoms with Crippen LogP contribution in [-0.4, -0.2) is 0 Å². The summed E-state index contributed by atoms with van der Waals surface area (Å²) in [5, 5.41) is 22.5. The van der Waals surface area contributed by atoms with E-state index in [1.807, 2.05) is 11.3 Å². The van der Waals surface area contributed by atoms with Gasteiger partial charge in [-0.2, -0.15) is 0 Å². The average Bonchev–Trinajstić information content (AvgIpc) is 3.93. The molecule has 0 saturated carbocycles. The Kier molecular flexibility index (Phi) is 7.44. The van der Waals surface area contributed by atoms with Crippen molar-refractivity contribution in [1.82, 2.24) is 0 Å². The molecule has 66 heavy (non-hydrogen) atoms. The van der Waals surface area contributed by atoms with E-state index in [1.165, 1.54) is 129 Å². The van der Waals surface area contributed by atoms with E-state index in [0.717, 1.165) is 21.9 Å². The number of furan rings is 1. The molecule has 0 N–H and O–H groups in total. The zero-order valence-electron chi connectivity index (χ0n) is 35.6. The van der Waals surface area contributed by atoms with Gasteiger partial charge in [0.15, 0.2) is 0 Å². The third kappa shape index (κ3) is 5.05. The molecule has 1 nitrogen and oxygen atoms in total. The van der Waals surface area contributed by atoms with Gasteiger partial charge in [-0.1, -0.05) is 188 Å². The van der Waals surface area contributed by atoms with Gasteiger partial charge in [-0.25, -0.2) is 0 Å². The minimum atomic E-state index is 0.904. The summed E-state index contributed by atoms with van der Waals surface area (Å²) in [7, 11) is 0.